The molecule has 0 radical (unpaired) electrons. The van der Waals surface area contributed by atoms with E-state index in [0.29, 0.717) is 70.4 Å². The van der Waals surface area contributed by atoms with Crippen LogP contribution in [0.1, 0.15) is 189 Å². The Bertz CT molecular complexity index is 5970. The second-order valence-electron chi connectivity index (χ2n) is 38.2. The molecule has 24 rings (SSSR count). The maximum atomic E-state index is 12.2. The van der Waals surface area contributed by atoms with Gasteiger partial charge in [0.25, 0.3) is 0 Å². The van der Waals surface area contributed by atoms with Gasteiger partial charge in [0.05, 0.1) is 102 Å². The molecule has 0 saturated carbocycles. The largest absolute Gasteiger partial charge is 0.379 e. The lowest BCUT2D eigenvalue weighted by Gasteiger charge is -2.28. The monoisotopic (exact) mass is 1780 g/mol. The van der Waals surface area contributed by atoms with Crippen molar-refractivity contribution in [3.8, 4) is 44.5 Å². The first-order chi connectivity index (χ1) is 64.0. The van der Waals surface area contributed by atoms with Crippen molar-refractivity contribution < 1.29 is 38.1 Å². The fraction of sp³-hybridized carbons (Fsp3) is 0.480. The highest BCUT2D eigenvalue weighted by Crippen LogP contribution is 2.51. The standard InChI is InChI=1S/4C25H30N6O2/c1-16-21(13-26-28(16)3)18-4-5-23-19(12-18)6-10-30(23)25-22-14-29(17(2)32)9-7-24(22)31(27-25)20-8-11-33-15-20;3*1-16-12-30(23-5-4-18(10-21(16)23)19-11-26-28(3)13-19)25-22-14-29(17(2)32)8-6-24(22)31(27-25)20-7-9-33-15-20/h4-5,12-13,20H,6-11,14-15H2,1-3H3;3*4-5,10-11,13,16,20H,6-9,12,14-15H2,1-3H3/t;2*16-,20+;16-,20-/m.101/s1. The van der Waals surface area contributed by atoms with Gasteiger partial charge in [-0.2, -0.15) is 40.8 Å². The van der Waals surface area contributed by atoms with Crippen molar-refractivity contribution in [2.45, 2.75) is 181 Å². The maximum Gasteiger partial charge on any atom is 0.219 e. The molecular weight excluding hydrogens is 1670 g/mol. The molecule has 20 heterocycles. The fourth-order valence-corrected chi connectivity index (χ4v) is 22.1. The number of carbonyl (C=O) groups is 4. The number of anilines is 8. The Kier molecular flexibility index (Phi) is 23.0. The number of aryl methyl sites for hydroxylation is 4. The van der Waals surface area contributed by atoms with Crippen LogP contribution in [-0.4, -0.2) is 227 Å². The van der Waals surface area contributed by atoms with Crippen LogP contribution in [-0.2, 0) is 125 Å². The van der Waals surface area contributed by atoms with Crippen LogP contribution in [0.4, 0.5) is 46.0 Å². The molecule has 8 aromatic heterocycles. The summed E-state index contributed by atoms with van der Waals surface area (Å²) in [7, 11) is 7.81. The number of amides is 4. The Morgan fingerprint density at radius 3 is 0.939 bits per heavy atom. The number of fused-ring (bicyclic) bond motifs is 8. The Morgan fingerprint density at radius 2 is 0.659 bits per heavy atom. The number of hydrogen-bond acceptors (Lipinski definition) is 20. The minimum Gasteiger partial charge on any atom is -0.379 e. The third-order valence-electron chi connectivity index (χ3n) is 29.6. The predicted octanol–water partition coefficient (Wildman–Crippen LogP) is 13.4. The van der Waals surface area contributed by atoms with Crippen molar-refractivity contribution in [2.24, 2.45) is 28.2 Å². The maximum absolute atomic E-state index is 12.2. The molecule has 4 fully saturated rings. The molecule has 32 nitrogen and oxygen atoms in total. The van der Waals surface area contributed by atoms with Crippen LogP contribution >= 0.6 is 0 Å². The van der Waals surface area contributed by atoms with E-state index in [4.69, 9.17) is 39.3 Å². The minimum atomic E-state index is 0.125. The minimum absolute atomic E-state index is 0.125. The van der Waals surface area contributed by atoms with Crippen molar-refractivity contribution in [1.82, 2.24) is 97.8 Å². The summed E-state index contributed by atoms with van der Waals surface area (Å²) in [5.41, 5.74) is 30.6. The van der Waals surface area contributed by atoms with Gasteiger partial charge in [-0.3, -0.25) is 56.6 Å². The topological polar surface area (TPSA) is 274 Å². The van der Waals surface area contributed by atoms with E-state index >= 15 is 0 Å². The lowest BCUT2D eigenvalue weighted by Crippen LogP contribution is -2.35. The van der Waals surface area contributed by atoms with Crippen molar-refractivity contribution in [1.29, 1.82) is 0 Å². The summed E-state index contributed by atoms with van der Waals surface area (Å²) in [5.74, 6) is 5.68. The Labute approximate surface area is 769 Å². The van der Waals surface area contributed by atoms with Gasteiger partial charge in [-0.05, 0) is 132 Å². The molecule has 0 aliphatic carbocycles. The van der Waals surface area contributed by atoms with Gasteiger partial charge >= 0.3 is 0 Å². The highest BCUT2D eigenvalue weighted by molar-refractivity contribution is 5.83. The number of rotatable bonds is 12. The summed E-state index contributed by atoms with van der Waals surface area (Å²) >= 11 is 0. The average Bonchev–Trinajstić information content (AvgIpc) is 1.60. The second-order valence-corrected chi connectivity index (χ2v) is 38.2. The van der Waals surface area contributed by atoms with Crippen molar-refractivity contribution in [3.05, 3.63) is 189 Å². The summed E-state index contributed by atoms with van der Waals surface area (Å²) in [5, 5.41) is 38.1. The van der Waals surface area contributed by atoms with Gasteiger partial charge in [0.15, 0.2) is 23.3 Å². The van der Waals surface area contributed by atoms with Crippen LogP contribution in [0.25, 0.3) is 44.5 Å². The first-order valence-electron chi connectivity index (χ1n) is 47.3. The molecule has 12 aliphatic heterocycles. The smallest absolute Gasteiger partial charge is 0.219 e. The van der Waals surface area contributed by atoms with Crippen LogP contribution < -0.4 is 19.6 Å². The van der Waals surface area contributed by atoms with E-state index in [2.05, 4.69) is 178 Å². The van der Waals surface area contributed by atoms with Crippen molar-refractivity contribution >= 4 is 69.6 Å². The molecule has 0 bridgehead atoms. The summed E-state index contributed by atoms with van der Waals surface area (Å²) in [6.07, 6.45) is 22.2. The average molecular weight is 1790 g/mol. The van der Waals surface area contributed by atoms with E-state index in [1.165, 1.54) is 124 Å². The molecule has 0 spiro atoms. The molecular formula is C100H120N24O8. The number of hydrogen-bond donors (Lipinski definition) is 0. The van der Waals surface area contributed by atoms with Gasteiger partial charge < -0.3 is 58.1 Å². The molecule has 4 amide bonds. The quantitative estimate of drug-likeness (QED) is 0.110. The third-order valence-corrected chi connectivity index (χ3v) is 29.6. The molecule has 688 valence electrons. The van der Waals surface area contributed by atoms with Crippen LogP contribution in [0, 0.1) is 6.92 Å². The van der Waals surface area contributed by atoms with Crippen LogP contribution in [0.3, 0.4) is 0 Å². The molecule has 0 N–H and O–H groups in total. The highest BCUT2D eigenvalue weighted by atomic mass is 16.5. The zero-order chi connectivity index (χ0) is 90.8. The zero-order valence-corrected chi connectivity index (χ0v) is 78.0. The zero-order valence-electron chi connectivity index (χ0n) is 78.0. The Morgan fingerprint density at radius 1 is 0.348 bits per heavy atom. The van der Waals surface area contributed by atoms with E-state index in [-0.39, 0.29) is 47.8 Å². The molecule has 1 unspecified atom stereocenters. The van der Waals surface area contributed by atoms with Crippen LogP contribution in [0.15, 0.2) is 116 Å². The summed E-state index contributed by atoms with van der Waals surface area (Å²) in [4.78, 5) is 65.9. The normalized spacial score (nSPS) is 21.5. The second kappa shape index (κ2) is 35.2. The molecule has 7 atom stereocenters. The summed E-state index contributed by atoms with van der Waals surface area (Å²) < 4.78 is 39.0. The van der Waals surface area contributed by atoms with Crippen molar-refractivity contribution in [2.75, 3.05) is 125 Å². The summed E-state index contributed by atoms with van der Waals surface area (Å²) in [6.45, 7) is 30.7. The number of benzene rings is 4. The van der Waals surface area contributed by atoms with Gasteiger partial charge in [-0.25, -0.2) is 0 Å². The van der Waals surface area contributed by atoms with Crippen molar-refractivity contribution in [3.63, 3.8) is 0 Å². The SMILES string of the molecule is CC(=O)N1CCc2c(c(N3CCc4cc(-c5cnn(C)c5C)ccc43)nn2C2CCOC2)C1.CC(=O)N1CCc2c(c(N3C[C@@H](C)c4cc(-c5cnn(C)c5)ccc43)nn2[C@@H]2CCOC2)C1.CC(=O)N1CCc2c(c(N3C[C@@H](C)c4cc(-c5cnn(C)c5)ccc43)nn2[C@H]2CCOC2)C1.CC(=O)N1CCc2c(c(N3C[C@H](C)c4cc(-c5cnn(C)c5)ccc43)nn2[C@@H]2CCOC2)C1. The fourth-order valence-electron chi connectivity index (χ4n) is 22.1. The van der Waals surface area contributed by atoms with Crippen LogP contribution in [0.5, 0.6) is 0 Å². The predicted molar refractivity (Wildman–Crippen MR) is 502 cm³/mol. The molecule has 4 saturated heterocycles. The van der Waals surface area contributed by atoms with Gasteiger partial charge in [0.1, 0.15) is 0 Å². The third kappa shape index (κ3) is 15.9. The lowest BCUT2D eigenvalue weighted by molar-refractivity contribution is -0.130. The number of carbonyl (C=O) groups excluding carboxylic acids is 4. The molecule has 4 aromatic carbocycles. The van der Waals surface area contributed by atoms with E-state index in [1.807, 2.05) is 91.3 Å². The first-order valence-corrected chi connectivity index (χ1v) is 47.3. The van der Waals surface area contributed by atoms with Crippen LogP contribution in [0.2, 0.25) is 0 Å². The molecule has 32 heteroatoms. The summed E-state index contributed by atoms with van der Waals surface area (Å²) in [6, 6.07) is 27.9. The number of ether oxygens (including phenoxy) is 4. The van der Waals surface area contributed by atoms with Gasteiger partial charge in [-0.15, -0.1) is 0 Å². The number of aromatic nitrogens is 16. The van der Waals surface area contributed by atoms with E-state index in [1.54, 1.807) is 27.7 Å². The lowest BCUT2D eigenvalue weighted by atomic mass is 9.99. The van der Waals surface area contributed by atoms with Gasteiger partial charge in [0.2, 0.25) is 23.6 Å². The highest BCUT2D eigenvalue weighted by Gasteiger charge is 2.43. The number of nitrogens with zero attached hydrogens (tertiary/aromatic N) is 24. The Balaban J connectivity index is 0.000000106. The van der Waals surface area contributed by atoms with E-state index in [0.717, 1.165) is 177 Å². The molecule has 12 aliphatic rings. The molecule has 12 aromatic rings. The van der Waals surface area contributed by atoms with E-state index in [9.17, 15) is 19.2 Å². The van der Waals surface area contributed by atoms with E-state index < -0.39 is 0 Å². The molecule has 132 heavy (non-hydrogen) atoms. The first kappa shape index (κ1) is 86.2. The van der Waals surface area contributed by atoms with Gasteiger partial charge in [0, 0.05) is 292 Å². The Hall–Kier alpha value is -12.5. The van der Waals surface area contributed by atoms with Gasteiger partial charge in [-0.1, -0.05) is 45.0 Å².